The van der Waals surface area contributed by atoms with E-state index in [1.165, 1.54) is 5.56 Å². The molecule has 4 atom stereocenters. The summed E-state index contributed by atoms with van der Waals surface area (Å²) in [6.07, 6.45) is 1.45. The number of carbonyl (C=O) groups excluding carboxylic acids is 1. The van der Waals surface area contributed by atoms with Crippen molar-refractivity contribution in [2.75, 3.05) is 46.0 Å². The fourth-order valence-corrected chi connectivity index (χ4v) is 5.02. The second-order valence-electron chi connectivity index (χ2n) is 8.67. The Kier molecular flexibility index (Phi) is 8.28. The summed E-state index contributed by atoms with van der Waals surface area (Å²) < 4.78 is 11.3. The summed E-state index contributed by atoms with van der Waals surface area (Å²) in [7, 11) is 0. The first-order valence-corrected chi connectivity index (χ1v) is 11.0. The number of amides is 1. The van der Waals surface area contributed by atoms with Gasteiger partial charge < -0.3 is 24.6 Å². The Labute approximate surface area is 183 Å². The SMILES string of the molecule is Cc1cccc(OCC(=O)N2C[C@H]3C[C@@H](N4CCOCC4)[C@H](O)C[C@H]3C2)c1C.O=CO. The summed E-state index contributed by atoms with van der Waals surface area (Å²) in [5, 5.41) is 17.6. The monoisotopic (exact) mass is 434 g/mol. The number of morpholine rings is 1. The van der Waals surface area contributed by atoms with Gasteiger partial charge in [-0.1, -0.05) is 12.1 Å². The molecular formula is C23H34N2O6. The zero-order valence-corrected chi connectivity index (χ0v) is 18.4. The Morgan fingerprint density at radius 3 is 2.52 bits per heavy atom. The number of likely N-dealkylation sites (tertiary alicyclic amines) is 1. The van der Waals surface area contributed by atoms with Gasteiger partial charge >= 0.3 is 0 Å². The average Bonchev–Trinajstić information content (AvgIpc) is 3.18. The van der Waals surface area contributed by atoms with E-state index in [1.807, 2.05) is 36.9 Å². The molecule has 2 heterocycles. The third-order valence-electron chi connectivity index (χ3n) is 6.88. The number of benzene rings is 1. The van der Waals surface area contributed by atoms with Crippen LogP contribution < -0.4 is 4.74 Å². The second-order valence-corrected chi connectivity index (χ2v) is 8.67. The molecular weight excluding hydrogens is 400 g/mol. The van der Waals surface area contributed by atoms with Crippen molar-refractivity contribution < 1.29 is 29.3 Å². The molecule has 172 valence electrons. The number of aryl methyl sites for hydroxylation is 1. The van der Waals surface area contributed by atoms with E-state index in [-0.39, 0.29) is 31.1 Å². The first-order chi connectivity index (χ1) is 14.9. The number of hydrogen-bond acceptors (Lipinski definition) is 6. The van der Waals surface area contributed by atoms with Crippen molar-refractivity contribution in [1.29, 1.82) is 0 Å². The van der Waals surface area contributed by atoms with Crippen molar-refractivity contribution in [2.45, 2.75) is 38.8 Å². The lowest BCUT2D eigenvalue weighted by Crippen LogP contribution is -2.53. The highest BCUT2D eigenvalue weighted by molar-refractivity contribution is 5.78. The molecule has 0 bridgehead atoms. The van der Waals surface area contributed by atoms with Crippen LogP contribution in [0, 0.1) is 25.7 Å². The van der Waals surface area contributed by atoms with Crippen LogP contribution >= 0.6 is 0 Å². The Morgan fingerprint density at radius 2 is 1.84 bits per heavy atom. The minimum absolute atomic E-state index is 0.0488. The molecule has 1 amide bonds. The van der Waals surface area contributed by atoms with Gasteiger partial charge in [-0.25, -0.2) is 0 Å². The van der Waals surface area contributed by atoms with Gasteiger partial charge in [-0.15, -0.1) is 0 Å². The van der Waals surface area contributed by atoms with Gasteiger partial charge in [0.2, 0.25) is 0 Å². The molecule has 31 heavy (non-hydrogen) atoms. The van der Waals surface area contributed by atoms with E-state index in [9.17, 15) is 9.90 Å². The maximum Gasteiger partial charge on any atom is 0.290 e. The Morgan fingerprint density at radius 1 is 1.19 bits per heavy atom. The van der Waals surface area contributed by atoms with E-state index in [0.29, 0.717) is 11.8 Å². The van der Waals surface area contributed by atoms with E-state index in [4.69, 9.17) is 19.4 Å². The lowest BCUT2D eigenvalue weighted by molar-refractivity contribution is -0.132. The molecule has 0 radical (unpaired) electrons. The molecule has 2 N–H and O–H groups in total. The minimum Gasteiger partial charge on any atom is -0.483 e. The Hall–Kier alpha value is -2.16. The number of aliphatic hydroxyl groups is 1. The maximum atomic E-state index is 12.7. The van der Waals surface area contributed by atoms with E-state index < -0.39 is 0 Å². The molecule has 0 aromatic heterocycles. The maximum absolute atomic E-state index is 12.7. The molecule has 1 saturated carbocycles. The van der Waals surface area contributed by atoms with Crippen molar-refractivity contribution in [2.24, 2.45) is 11.8 Å². The second kappa shape index (κ2) is 10.9. The summed E-state index contributed by atoms with van der Waals surface area (Å²) in [5.74, 6) is 1.71. The van der Waals surface area contributed by atoms with E-state index in [1.54, 1.807) is 0 Å². The topological polar surface area (TPSA) is 99.5 Å². The first-order valence-electron chi connectivity index (χ1n) is 11.0. The molecule has 2 saturated heterocycles. The number of ether oxygens (including phenoxy) is 2. The fraction of sp³-hybridized carbons (Fsp3) is 0.652. The van der Waals surface area contributed by atoms with Crippen molar-refractivity contribution in [1.82, 2.24) is 9.80 Å². The highest BCUT2D eigenvalue weighted by Crippen LogP contribution is 2.38. The Bertz CT molecular complexity index is 752. The molecule has 8 nitrogen and oxygen atoms in total. The number of hydrogen-bond donors (Lipinski definition) is 2. The van der Waals surface area contributed by atoms with Gasteiger partial charge in [0.05, 0.1) is 19.3 Å². The van der Waals surface area contributed by atoms with Crippen molar-refractivity contribution >= 4 is 12.4 Å². The van der Waals surface area contributed by atoms with Crippen LogP contribution in [-0.4, -0.2) is 90.5 Å². The molecule has 1 aliphatic carbocycles. The standard InChI is InChI=1S/C22H32N2O4.CH2O2/c1-15-4-3-5-21(16(15)2)28-14-22(26)24-12-17-10-19(20(25)11-18(17)13-24)23-6-8-27-9-7-23;2-1-3/h3-5,17-20,25H,6-14H2,1-2H3;1H,(H,2,3)/t17-,18+,19-,20-;/m1./s1. The molecule has 0 spiro atoms. The average molecular weight is 435 g/mol. The van der Waals surface area contributed by atoms with Gasteiger partial charge in [0, 0.05) is 32.2 Å². The van der Waals surface area contributed by atoms with E-state index in [0.717, 1.165) is 63.5 Å². The highest BCUT2D eigenvalue weighted by Gasteiger charge is 2.44. The van der Waals surface area contributed by atoms with Gasteiger partial charge in [-0.05, 0) is 55.7 Å². The molecule has 2 aliphatic heterocycles. The molecule has 1 aromatic rings. The lowest BCUT2D eigenvalue weighted by atomic mass is 9.77. The molecule has 1 aromatic carbocycles. The number of aliphatic hydroxyl groups excluding tert-OH is 1. The van der Waals surface area contributed by atoms with Crippen LogP contribution in [0.25, 0.3) is 0 Å². The van der Waals surface area contributed by atoms with Crippen LogP contribution in [0.5, 0.6) is 5.75 Å². The predicted molar refractivity (Wildman–Crippen MR) is 115 cm³/mol. The summed E-state index contributed by atoms with van der Waals surface area (Å²) in [5.41, 5.74) is 2.25. The van der Waals surface area contributed by atoms with Gasteiger partial charge in [0.15, 0.2) is 6.61 Å². The number of carboxylic acid groups (broad SMARTS) is 1. The highest BCUT2D eigenvalue weighted by atomic mass is 16.5. The fourth-order valence-electron chi connectivity index (χ4n) is 5.02. The molecule has 0 unspecified atom stereocenters. The predicted octanol–water partition coefficient (Wildman–Crippen LogP) is 1.31. The van der Waals surface area contributed by atoms with E-state index in [2.05, 4.69) is 4.90 Å². The summed E-state index contributed by atoms with van der Waals surface area (Å²) in [4.78, 5) is 25.4. The molecule has 8 heteroatoms. The van der Waals surface area contributed by atoms with Crippen molar-refractivity contribution in [3.05, 3.63) is 29.3 Å². The van der Waals surface area contributed by atoms with Crippen molar-refractivity contribution in [3.8, 4) is 5.75 Å². The van der Waals surface area contributed by atoms with Crippen LogP contribution in [0.2, 0.25) is 0 Å². The van der Waals surface area contributed by atoms with Gasteiger partial charge in [-0.2, -0.15) is 0 Å². The number of nitrogens with zero attached hydrogens (tertiary/aromatic N) is 2. The van der Waals surface area contributed by atoms with Gasteiger partial charge in [0.25, 0.3) is 12.4 Å². The quantitative estimate of drug-likeness (QED) is 0.690. The van der Waals surface area contributed by atoms with Crippen LogP contribution in [0.4, 0.5) is 0 Å². The minimum atomic E-state index is -0.305. The number of fused-ring (bicyclic) bond motifs is 1. The molecule has 4 rings (SSSR count). The zero-order valence-electron chi connectivity index (χ0n) is 18.4. The Balaban J connectivity index is 0.000000858. The molecule has 3 aliphatic rings. The van der Waals surface area contributed by atoms with Crippen LogP contribution in [-0.2, 0) is 14.3 Å². The summed E-state index contributed by atoms with van der Waals surface area (Å²) >= 11 is 0. The first kappa shape index (κ1) is 23.5. The summed E-state index contributed by atoms with van der Waals surface area (Å²) in [6.45, 7) is 8.71. The van der Waals surface area contributed by atoms with Crippen LogP contribution in [0.1, 0.15) is 24.0 Å². The largest absolute Gasteiger partial charge is 0.483 e. The van der Waals surface area contributed by atoms with Crippen LogP contribution in [0.3, 0.4) is 0 Å². The van der Waals surface area contributed by atoms with Crippen molar-refractivity contribution in [3.63, 3.8) is 0 Å². The molecule has 3 fully saturated rings. The number of carbonyl (C=O) groups is 2. The van der Waals surface area contributed by atoms with Crippen LogP contribution in [0.15, 0.2) is 18.2 Å². The van der Waals surface area contributed by atoms with Gasteiger partial charge in [-0.3, -0.25) is 14.5 Å². The summed E-state index contributed by atoms with van der Waals surface area (Å²) in [6, 6.07) is 6.12. The normalized spacial score (nSPS) is 28.3. The smallest absolute Gasteiger partial charge is 0.290 e. The van der Waals surface area contributed by atoms with Gasteiger partial charge in [0.1, 0.15) is 5.75 Å². The third kappa shape index (κ3) is 5.75. The lowest BCUT2D eigenvalue weighted by Gasteiger charge is -2.43. The zero-order chi connectivity index (χ0) is 22.4. The van der Waals surface area contributed by atoms with E-state index >= 15 is 0 Å². The number of rotatable bonds is 4. The third-order valence-corrected chi connectivity index (χ3v) is 6.88.